The first-order chi connectivity index (χ1) is 8.78. The van der Waals surface area contributed by atoms with Crippen molar-refractivity contribution in [2.75, 3.05) is 6.61 Å². The molecule has 7 nitrogen and oxygen atoms in total. The standard InChI is InChI=1S/C10H12F2N2O5/c1-4-2-14(9(18)13-7(4)17)8-6(16)10(11,12)5(3-15)19-8/h2,5-6,8,15-16H,3H2,1H3,(H,13,17,18)/t5-,6+,8-/m1/s1. The van der Waals surface area contributed by atoms with Crippen molar-refractivity contribution in [1.29, 1.82) is 0 Å². The molecule has 3 N–H and O–H groups in total. The minimum absolute atomic E-state index is 0.103. The largest absolute Gasteiger partial charge is 0.393 e. The Bertz CT molecular complexity index is 596. The smallest absolute Gasteiger partial charge is 0.330 e. The summed E-state index contributed by atoms with van der Waals surface area (Å²) < 4.78 is 32.5. The Morgan fingerprint density at radius 1 is 1.53 bits per heavy atom. The maximum atomic E-state index is 13.5. The lowest BCUT2D eigenvalue weighted by atomic mass is 10.1. The number of rotatable bonds is 2. The molecule has 1 aromatic heterocycles. The number of hydrogen-bond acceptors (Lipinski definition) is 5. The molecule has 1 aromatic rings. The predicted molar refractivity (Wildman–Crippen MR) is 58.0 cm³/mol. The van der Waals surface area contributed by atoms with Crippen LogP contribution in [0.5, 0.6) is 0 Å². The molecule has 0 unspecified atom stereocenters. The number of hydrogen-bond donors (Lipinski definition) is 3. The summed E-state index contributed by atoms with van der Waals surface area (Å²) in [6.07, 6.45) is -4.86. The summed E-state index contributed by atoms with van der Waals surface area (Å²) >= 11 is 0. The quantitative estimate of drug-likeness (QED) is 0.625. The third-order valence-corrected chi connectivity index (χ3v) is 2.98. The van der Waals surface area contributed by atoms with Gasteiger partial charge in [0.2, 0.25) is 0 Å². The topological polar surface area (TPSA) is 105 Å². The Kier molecular flexibility index (Phi) is 3.29. The van der Waals surface area contributed by atoms with Gasteiger partial charge in [0, 0.05) is 11.8 Å². The molecule has 0 aromatic carbocycles. The van der Waals surface area contributed by atoms with E-state index < -0.39 is 42.2 Å². The van der Waals surface area contributed by atoms with Crippen molar-refractivity contribution in [3.63, 3.8) is 0 Å². The number of alkyl halides is 2. The van der Waals surface area contributed by atoms with Gasteiger partial charge in [-0.1, -0.05) is 0 Å². The summed E-state index contributed by atoms with van der Waals surface area (Å²) in [5, 5.41) is 18.3. The van der Waals surface area contributed by atoms with Gasteiger partial charge < -0.3 is 14.9 Å². The Morgan fingerprint density at radius 2 is 2.16 bits per heavy atom. The number of halogens is 2. The summed E-state index contributed by atoms with van der Waals surface area (Å²) in [6, 6.07) is 0. The van der Waals surface area contributed by atoms with Crippen molar-refractivity contribution >= 4 is 0 Å². The number of nitrogens with one attached hydrogen (secondary N) is 1. The van der Waals surface area contributed by atoms with Crippen LogP contribution in [0.25, 0.3) is 0 Å². The van der Waals surface area contributed by atoms with Crippen LogP contribution in [-0.2, 0) is 4.74 Å². The second-order valence-electron chi connectivity index (χ2n) is 4.30. The molecule has 1 aliphatic rings. The van der Waals surface area contributed by atoms with Gasteiger partial charge in [-0.2, -0.15) is 0 Å². The number of ether oxygens (including phenoxy) is 1. The van der Waals surface area contributed by atoms with Gasteiger partial charge in [-0.05, 0) is 6.92 Å². The molecule has 0 amide bonds. The van der Waals surface area contributed by atoms with Gasteiger partial charge >= 0.3 is 11.6 Å². The highest BCUT2D eigenvalue weighted by Gasteiger charge is 2.59. The van der Waals surface area contributed by atoms with Crippen LogP contribution in [-0.4, -0.2) is 44.5 Å². The molecular formula is C10H12F2N2O5. The van der Waals surface area contributed by atoms with Crippen molar-refractivity contribution in [2.45, 2.75) is 31.3 Å². The van der Waals surface area contributed by atoms with Crippen LogP contribution in [0, 0.1) is 6.92 Å². The van der Waals surface area contributed by atoms with E-state index in [1.807, 2.05) is 4.98 Å². The first kappa shape index (κ1) is 13.8. The van der Waals surface area contributed by atoms with E-state index >= 15 is 0 Å². The van der Waals surface area contributed by atoms with Gasteiger partial charge in [0.15, 0.2) is 12.3 Å². The second-order valence-corrected chi connectivity index (χ2v) is 4.30. The molecular weight excluding hydrogens is 266 g/mol. The fourth-order valence-corrected chi connectivity index (χ4v) is 1.87. The third kappa shape index (κ3) is 2.09. The molecule has 0 spiro atoms. The van der Waals surface area contributed by atoms with Gasteiger partial charge in [-0.25, -0.2) is 13.6 Å². The maximum absolute atomic E-state index is 13.5. The number of aliphatic hydroxyl groups excluding tert-OH is 2. The van der Waals surface area contributed by atoms with E-state index in [-0.39, 0.29) is 5.56 Å². The van der Waals surface area contributed by atoms with Crippen molar-refractivity contribution in [3.05, 3.63) is 32.6 Å². The van der Waals surface area contributed by atoms with Crippen LogP contribution in [0.2, 0.25) is 0 Å². The van der Waals surface area contributed by atoms with Crippen molar-refractivity contribution in [2.24, 2.45) is 0 Å². The Labute approximate surface area is 105 Å². The minimum Gasteiger partial charge on any atom is -0.393 e. The normalized spacial score (nSPS) is 29.6. The highest BCUT2D eigenvalue weighted by molar-refractivity contribution is 5.04. The van der Waals surface area contributed by atoms with Crippen LogP contribution < -0.4 is 11.2 Å². The molecule has 0 saturated carbocycles. The lowest BCUT2D eigenvalue weighted by Crippen LogP contribution is -2.42. The van der Waals surface area contributed by atoms with E-state index in [4.69, 9.17) is 9.84 Å². The van der Waals surface area contributed by atoms with Crippen LogP contribution in [0.4, 0.5) is 8.78 Å². The molecule has 106 valence electrons. The molecule has 2 rings (SSSR count). The number of aliphatic hydroxyl groups is 2. The van der Waals surface area contributed by atoms with E-state index in [0.29, 0.717) is 4.57 Å². The molecule has 3 atom stereocenters. The summed E-state index contributed by atoms with van der Waals surface area (Å²) in [5.74, 6) is -3.69. The molecule has 1 aliphatic heterocycles. The molecule has 1 saturated heterocycles. The Balaban J connectivity index is 2.47. The maximum Gasteiger partial charge on any atom is 0.330 e. The SMILES string of the molecule is Cc1cn([C@@H]2O[C@H](CO)C(F)(F)[C@H]2O)c(=O)[nH]c1=O. The Hall–Kier alpha value is -1.58. The summed E-state index contributed by atoms with van der Waals surface area (Å²) in [4.78, 5) is 24.6. The first-order valence-electron chi connectivity index (χ1n) is 5.43. The first-order valence-corrected chi connectivity index (χ1v) is 5.43. The van der Waals surface area contributed by atoms with E-state index in [2.05, 4.69) is 0 Å². The molecule has 1 fully saturated rings. The zero-order valence-corrected chi connectivity index (χ0v) is 9.84. The highest BCUT2D eigenvalue weighted by Crippen LogP contribution is 2.40. The average molecular weight is 278 g/mol. The molecule has 0 radical (unpaired) electrons. The summed E-state index contributed by atoms with van der Waals surface area (Å²) in [5.41, 5.74) is -1.53. The van der Waals surface area contributed by atoms with E-state index in [0.717, 1.165) is 6.20 Å². The molecule has 2 heterocycles. The number of nitrogens with zero attached hydrogens (tertiary/aromatic N) is 1. The fourth-order valence-electron chi connectivity index (χ4n) is 1.87. The van der Waals surface area contributed by atoms with Crippen molar-refractivity contribution in [3.8, 4) is 0 Å². The van der Waals surface area contributed by atoms with Gasteiger partial charge in [0.25, 0.3) is 5.56 Å². The van der Waals surface area contributed by atoms with Gasteiger partial charge in [0.05, 0.1) is 6.61 Å². The van der Waals surface area contributed by atoms with Gasteiger partial charge in [-0.3, -0.25) is 14.3 Å². The van der Waals surface area contributed by atoms with Gasteiger partial charge in [-0.15, -0.1) is 0 Å². The summed E-state index contributed by atoms with van der Waals surface area (Å²) in [7, 11) is 0. The highest BCUT2D eigenvalue weighted by atomic mass is 19.3. The van der Waals surface area contributed by atoms with Crippen LogP contribution in [0.1, 0.15) is 11.8 Å². The van der Waals surface area contributed by atoms with Crippen LogP contribution in [0.15, 0.2) is 15.8 Å². The van der Waals surface area contributed by atoms with E-state index in [1.165, 1.54) is 6.92 Å². The number of aromatic amines is 1. The zero-order valence-electron chi connectivity index (χ0n) is 9.84. The molecule has 9 heteroatoms. The summed E-state index contributed by atoms with van der Waals surface area (Å²) in [6.45, 7) is 0.370. The fraction of sp³-hybridized carbons (Fsp3) is 0.600. The lowest BCUT2D eigenvalue weighted by Gasteiger charge is -2.18. The van der Waals surface area contributed by atoms with Crippen molar-refractivity contribution < 1.29 is 23.7 Å². The lowest BCUT2D eigenvalue weighted by molar-refractivity contribution is -0.123. The van der Waals surface area contributed by atoms with E-state index in [1.54, 1.807) is 0 Å². The zero-order chi connectivity index (χ0) is 14.4. The number of aromatic nitrogens is 2. The second kappa shape index (κ2) is 4.51. The monoisotopic (exact) mass is 278 g/mol. The molecule has 0 bridgehead atoms. The van der Waals surface area contributed by atoms with Gasteiger partial charge in [0.1, 0.15) is 6.10 Å². The number of H-pyrrole nitrogens is 1. The van der Waals surface area contributed by atoms with Crippen molar-refractivity contribution in [1.82, 2.24) is 9.55 Å². The predicted octanol–water partition coefficient (Wildman–Crippen LogP) is -1.27. The molecule has 19 heavy (non-hydrogen) atoms. The van der Waals surface area contributed by atoms with E-state index in [9.17, 15) is 23.5 Å². The molecule has 0 aliphatic carbocycles. The minimum atomic E-state index is -3.69. The van der Waals surface area contributed by atoms with Crippen LogP contribution >= 0.6 is 0 Å². The average Bonchev–Trinajstić information content (AvgIpc) is 2.56. The Morgan fingerprint density at radius 3 is 2.68 bits per heavy atom. The number of aryl methyl sites for hydroxylation is 1. The third-order valence-electron chi connectivity index (χ3n) is 2.98. The van der Waals surface area contributed by atoms with Crippen LogP contribution in [0.3, 0.4) is 0 Å².